The first-order valence-electron chi connectivity index (χ1n) is 6.41. The first-order chi connectivity index (χ1) is 8.39. The maximum atomic E-state index is 12.3. The van der Waals surface area contributed by atoms with Gasteiger partial charge in [-0.15, -0.1) is 0 Å². The number of hydrogen-bond donors (Lipinski definition) is 0. The lowest BCUT2D eigenvalue weighted by atomic mass is 9.84. The molecule has 18 heavy (non-hydrogen) atoms. The van der Waals surface area contributed by atoms with Crippen LogP contribution in [0, 0.1) is 5.41 Å². The molecular formula is C15H17BrO2. The summed E-state index contributed by atoms with van der Waals surface area (Å²) in [4.78, 5) is 12.3. The maximum Gasteiger partial charge on any atom is 0.170 e. The Labute approximate surface area is 116 Å². The van der Waals surface area contributed by atoms with Gasteiger partial charge >= 0.3 is 0 Å². The minimum atomic E-state index is -0.256. The summed E-state index contributed by atoms with van der Waals surface area (Å²) >= 11 is 3.44. The van der Waals surface area contributed by atoms with E-state index in [9.17, 15) is 4.79 Å². The quantitative estimate of drug-likeness (QED) is 0.711. The third-order valence-corrected chi connectivity index (χ3v) is 4.60. The SMILES string of the molecule is CC1(C)CCC2(CC(=O)c3ccc(Br)cc3O2)C1. The predicted octanol–water partition coefficient (Wildman–Crippen LogP) is 4.36. The van der Waals surface area contributed by atoms with Crippen LogP contribution in [0.4, 0.5) is 0 Å². The zero-order valence-electron chi connectivity index (χ0n) is 10.8. The van der Waals surface area contributed by atoms with Gasteiger partial charge in [-0.3, -0.25) is 4.79 Å². The summed E-state index contributed by atoms with van der Waals surface area (Å²) in [6.45, 7) is 4.51. The van der Waals surface area contributed by atoms with Crippen LogP contribution in [0.25, 0.3) is 0 Å². The lowest BCUT2D eigenvalue weighted by molar-refractivity contribution is 0.0385. The molecule has 1 heterocycles. The molecule has 0 aromatic heterocycles. The second-order valence-corrected chi connectivity index (χ2v) is 7.28. The Morgan fingerprint density at radius 1 is 1.28 bits per heavy atom. The smallest absolute Gasteiger partial charge is 0.170 e. The summed E-state index contributed by atoms with van der Waals surface area (Å²) in [5.74, 6) is 0.972. The number of fused-ring (bicyclic) bond motifs is 1. The molecule has 1 spiro atoms. The van der Waals surface area contributed by atoms with Crippen LogP contribution in [0.5, 0.6) is 5.75 Å². The van der Waals surface area contributed by atoms with E-state index in [4.69, 9.17) is 4.74 Å². The van der Waals surface area contributed by atoms with Crippen LogP contribution < -0.4 is 4.74 Å². The first kappa shape index (κ1) is 12.2. The molecule has 3 rings (SSSR count). The minimum Gasteiger partial charge on any atom is -0.486 e. The third kappa shape index (κ3) is 1.99. The van der Waals surface area contributed by atoms with Gasteiger partial charge in [-0.05, 0) is 42.9 Å². The Hall–Kier alpha value is -0.830. The predicted molar refractivity (Wildman–Crippen MR) is 74.1 cm³/mol. The molecule has 1 aromatic rings. The van der Waals surface area contributed by atoms with Gasteiger partial charge in [0.15, 0.2) is 5.78 Å². The van der Waals surface area contributed by atoms with Gasteiger partial charge in [0.25, 0.3) is 0 Å². The molecule has 0 radical (unpaired) electrons. The number of ether oxygens (including phenoxy) is 1. The zero-order valence-corrected chi connectivity index (χ0v) is 12.3. The number of halogens is 1. The Morgan fingerprint density at radius 2 is 2.06 bits per heavy atom. The largest absolute Gasteiger partial charge is 0.486 e. The molecule has 0 bridgehead atoms. The maximum absolute atomic E-state index is 12.3. The lowest BCUT2D eigenvalue weighted by Gasteiger charge is -2.36. The van der Waals surface area contributed by atoms with E-state index < -0.39 is 0 Å². The number of ketones is 1. The Morgan fingerprint density at radius 3 is 2.72 bits per heavy atom. The zero-order chi connectivity index (χ0) is 13.0. The molecule has 1 aliphatic carbocycles. The van der Waals surface area contributed by atoms with Crippen molar-refractivity contribution in [2.45, 2.75) is 45.1 Å². The summed E-state index contributed by atoms with van der Waals surface area (Å²) in [6.07, 6.45) is 3.62. The summed E-state index contributed by atoms with van der Waals surface area (Å²) < 4.78 is 7.18. The van der Waals surface area contributed by atoms with Gasteiger partial charge in [0.1, 0.15) is 11.4 Å². The first-order valence-corrected chi connectivity index (χ1v) is 7.20. The number of carbonyl (C=O) groups is 1. The summed E-state index contributed by atoms with van der Waals surface area (Å²) in [7, 11) is 0. The van der Waals surface area contributed by atoms with E-state index in [1.54, 1.807) is 0 Å². The van der Waals surface area contributed by atoms with Crippen LogP contribution in [0.2, 0.25) is 0 Å². The van der Waals surface area contributed by atoms with Gasteiger partial charge in [0.2, 0.25) is 0 Å². The summed E-state index contributed by atoms with van der Waals surface area (Å²) in [6, 6.07) is 5.67. The van der Waals surface area contributed by atoms with Crippen molar-refractivity contribution in [2.75, 3.05) is 0 Å². The van der Waals surface area contributed by atoms with Crippen molar-refractivity contribution in [1.82, 2.24) is 0 Å². The van der Waals surface area contributed by atoms with Gasteiger partial charge in [-0.2, -0.15) is 0 Å². The van der Waals surface area contributed by atoms with Crippen molar-refractivity contribution in [1.29, 1.82) is 0 Å². The normalized spacial score (nSPS) is 29.2. The number of benzene rings is 1. The second-order valence-electron chi connectivity index (χ2n) is 6.37. The molecule has 1 fully saturated rings. The second kappa shape index (κ2) is 3.83. The van der Waals surface area contributed by atoms with Gasteiger partial charge in [0.05, 0.1) is 12.0 Å². The molecule has 0 N–H and O–H groups in total. The minimum absolute atomic E-state index is 0.224. The van der Waals surface area contributed by atoms with Crippen molar-refractivity contribution >= 4 is 21.7 Å². The molecule has 1 aliphatic heterocycles. The van der Waals surface area contributed by atoms with Crippen LogP contribution in [0.1, 0.15) is 49.9 Å². The van der Waals surface area contributed by atoms with Crippen molar-refractivity contribution in [3.63, 3.8) is 0 Å². The standard InChI is InChI=1S/C15H17BrO2/c1-14(2)5-6-15(9-14)8-12(17)11-4-3-10(16)7-13(11)18-15/h3-4,7H,5-6,8-9H2,1-2H3. The highest BCUT2D eigenvalue weighted by Gasteiger charge is 2.49. The molecule has 0 saturated heterocycles. The number of carbonyl (C=O) groups excluding carboxylic acids is 1. The van der Waals surface area contributed by atoms with Crippen LogP contribution in [0.15, 0.2) is 22.7 Å². The van der Waals surface area contributed by atoms with Crippen LogP contribution in [-0.2, 0) is 0 Å². The number of rotatable bonds is 0. The average molecular weight is 309 g/mol. The fourth-order valence-electron chi connectivity index (χ4n) is 3.32. The Bertz CT molecular complexity index is 521. The van der Waals surface area contributed by atoms with E-state index in [1.165, 1.54) is 0 Å². The van der Waals surface area contributed by atoms with Gasteiger partial charge in [0, 0.05) is 4.47 Å². The molecule has 2 nitrogen and oxygen atoms in total. The van der Waals surface area contributed by atoms with E-state index in [1.807, 2.05) is 18.2 Å². The molecule has 1 atom stereocenters. The van der Waals surface area contributed by atoms with E-state index in [0.717, 1.165) is 35.0 Å². The van der Waals surface area contributed by atoms with E-state index in [-0.39, 0.29) is 16.8 Å². The Kier molecular flexibility index (Phi) is 2.60. The van der Waals surface area contributed by atoms with Crippen molar-refractivity contribution in [2.24, 2.45) is 5.41 Å². The number of Topliss-reactive ketones (excluding diaryl/α,β-unsaturated/α-hetero) is 1. The van der Waals surface area contributed by atoms with Crippen LogP contribution >= 0.6 is 15.9 Å². The van der Waals surface area contributed by atoms with E-state index in [2.05, 4.69) is 29.8 Å². The highest BCUT2D eigenvalue weighted by molar-refractivity contribution is 9.10. The van der Waals surface area contributed by atoms with Crippen molar-refractivity contribution in [3.05, 3.63) is 28.2 Å². The fraction of sp³-hybridized carbons (Fsp3) is 0.533. The fourth-order valence-corrected chi connectivity index (χ4v) is 3.66. The highest BCUT2D eigenvalue weighted by atomic mass is 79.9. The van der Waals surface area contributed by atoms with Gasteiger partial charge in [-0.25, -0.2) is 0 Å². The molecule has 96 valence electrons. The van der Waals surface area contributed by atoms with Crippen molar-refractivity contribution < 1.29 is 9.53 Å². The molecule has 2 aliphatic rings. The molecule has 3 heteroatoms. The topological polar surface area (TPSA) is 26.3 Å². The van der Waals surface area contributed by atoms with E-state index in [0.29, 0.717) is 6.42 Å². The van der Waals surface area contributed by atoms with Crippen LogP contribution in [-0.4, -0.2) is 11.4 Å². The highest BCUT2D eigenvalue weighted by Crippen LogP contribution is 2.50. The van der Waals surface area contributed by atoms with Gasteiger partial charge in [-0.1, -0.05) is 29.8 Å². The lowest BCUT2D eigenvalue weighted by Crippen LogP contribution is -2.40. The summed E-state index contributed by atoms with van der Waals surface area (Å²) in [5, 5.41) is 0. The number of hydrogen-bond acceptors (Lipinski definition) is 2. The molecule has 1 saturated carbocycles. The van der Waals surface area contributed by atoms with Crippen molar-refractivity contribution in [3.8, 4) is 5.75 Å². The molecule has 0 amide bonds. The van der Waals surface area contributed by atoms with E-state index >= 15 is 0 Å². The monoisotopic (exact) mass is 308 g/mol. The Balaban J connectivity index is 1.99. The molecule has 1 unspecified atom stereocenters. The van der Waals surface area contributed by atoms with Gasteiger partial charge < -0.3 is 4.74 Å². The molecular weight excluding hydrogens is 292 g/mol. The van der Waals surface area contributed by atoms with Crippen LogP contribution in [0.3, 0.4) is 0 Å². The third-order valence-electron chi connectivity index (χ3n) is 4.11. The average Bonchev–Trinajstić information content (AvgIpc) is 2.53. The molecule has 1 aromatic carbocycles. The summed E-state index contributed by atoms with van der Waals surface area (Å²) in [5.41, 5.74) is 0.756.